The highest BCUT2D eigenvalue weighted by Gasteiger charge is 2.21. The number of rotatable bonds is 9. The number of aryl methyl sites for hydroxylation is 2. The van der Waals surface area contributed by atoms with E-state index in [-0.39, 0.29) is 5.56 Å². The molecule has 2 rings (SSSR count). The molecule has 0 aromatic heterocycles. The highest BCUT2D eigenvalue weighted by Crippen LogP contribution is 2.38. The molecule has 0 aliphatic carbocycles. The Morgan fingerprint density at radius 1 is 0.938 bits per heavy atom. The van der Waals surface area contributed by atoms with E-state index in [0.29, 0.717) is 22.9 Å². The zero-order valence-corrected chi connectivity index (χ0v) is 19.0. The molecular formula is C23H28N2O7. The number of hydrogen-bond donors (Lipinski definition) is 2. The quantitative estimate of drug-likeness (QED) is 0.572. The molecule has 9 nitrogen and oxygen atoms in total. The SMILES string of the molecule is COc1cc(C(=O)NCC(=O)OC(C)C(=O)Nc2cc(C)ccc2C)cc(OC)c1OC. The molecule has 1 atom stereocenters. The first-order valence-electron chi connectivity index (χ1n) is 9.86. The molecular weight excluding hydrogens is 416 g/mol. The third-order valence-electron chi connectivity index (χ3n) is 4.65. The fourth-order valence-corrected chi connectivity index (χ4v) is 2.86. The molecule has 9 heteroatoms. The summed E-state index contributed by atoms with van der Waals surface area (Å²) < 4.78 is 20.8. The maximum Gasteiger partial charge on any atom is 0.326 e. The van der Waals surface area contributed by atoms with Crippen LogP contribution in [0.2, 0.25) is 0 Å². The van der Waals surface area contributed by atoms with Gasteiger partial charge in [0.2, 0.25) is 5.75 Å². The van der Waals surface area contributed by atoms with Crippen molar-refractivity contribution in [3.05, 3.63) is 47.0 Å². The Kier molecular flexibility index (Phi) is 8.46. The van der Waals surface area contributed by atoms with E-state index in [1.807, 2.05) is 32.0 Å². The van der Waals surface area contributed by atoms with Crippen LogP contribution in [0.3, 0.4) is 0 Å². The molecule has 2 aromatic rings. The summed E-state index contributed by atoms with van der Waals surface area (Å²) in [5.74, 6) is -0.826. The number of anilines is 1. The molecule has 0 aliphatic heterocycles. The third kappa shape index (κ3) is 6.13. The van der Waals surface area contributed by atoms with Crippen molar-refractivity contribution in [2.24, 2.45) is 0 Å². The fraction of sp³-hybridized carbons (Fsp3) is 0.348. The molecule has 2 N–H and O–H groups in total. The van der Waals surface area contributed by atoms with Crippen LogP contribution in [-0.4, -0.2) is 51.8 Å². The van der Waals surface area contributed by atoms with Crippen LogP contribution < -0.4 is 24.8 Å². The summed E-state index contributed by atoms with van der Waals surface area (Å²) in [4.78, 5) is 36.9. The first kappa shape index (κ1) is 24.5. The summed E-state index contributed by atoms with van der Waals surface area (Å²) in [6, 6.07) is 8.58. The number of ether oxygens (including phenoxy) is 4. The van der Waals surface area contributed by atoms with E-state index in [0.717, 1.165) is 11.1 Å². The molecule has 2 aromatic carbocycles. The molecule has 0 spiro atoms. The van der Waals surface area contributed by atoms with Crippen molar-refractivity contribution in [3.8, 4) is 17.2 Å². The van der Waals surface area contributed by atoms with Gasteiger partial charge in [0.1, 0.15) is 6.54 Å². The molecule has 172 valence electrons. The second-order valence-corrected chi connectivity index (χ2v) is 7.04. The van der Waals surface area contributed by atoms with Crippen molar-refractivity contribution in [2.75, 3.05) is 33.2 Å². The van der Waals surface area contributed by atoms with Crippen molar-refractivity contribution in [2.45, 2.75) is 26.9 Å². The molecule has 0 heterocycles. The van der Waals surface area contributed by atoms with Crippen molar-refractivity contribution in [1.29, 1.82) is 0 Å². The molecule has 1 unspecified atom stereocenters. The van der Waals surface area contributed by atoms with Gasteiger partial charge in [-0.05, 0) is 50.1 Å². The van der Waals surface area contributed by atoms with Gasteiger partial charge in [-0.2, -0.15) is 0 Å². The van der Waals surface area contributed by atoms with E-state index in [9.17, 15) is 14.4 Å². The van der Waals surface area contributed by atoms with E-state index >= 15 is 0 Å². The van der Waals surface area contributed by atoms with Crippen LogP contribution in [0.4, 0.5) is 5.69 Å². The van der Waals surface area contributed by atoms with Gasteiger partial charge >= 0.3 is 5.97 Å². The molecule has 0 aliphatic rings. The molecule has 32 heavy (non-hydrogen) atoms. The number of esters is 1. The lowest BCUT2D eigenvalue weighted by Gasteiger charge is -2.16. The zero-order valence-electron chi connectivity index (χ0n) is 19.0. The van der Waals surface area contributed by atoms with Crippen molar-refractivity contribution >= 4 is 23.5 Å². The van der Waals surface area contributed by atoms with Crippen LogP contribution >= 0.6 is 0 Å². The second-order valence-electron chi connectivity index (χ2n) is 7.04. The summed E-state index contributed by atoms with van der Waals surface area (Å²) in [5, 5.41) is 5.19. The third-order valence-corrected chi connectivity index (χ3v) is 4.65. The fourth-order valence-electron chi connectivity index (χ4n) is 2.86. The maximum atomic E-state index is 12.5. The highest BCUT2D eigenvalue weighted by molar-refractivity contribution is 5.98. The van der Waals surface area contributed by atoms with Gasteiger partial charge in [-0.25, -0.2) is 0 Å². The summed E-state index contributed by atoms with van der Waals surface area (Å²) in [6.07, 6.45) is -1.04. The maximum absolute atomic E-state index is 12.5. The van der Waals surface area contributed by atoms with Gasteiger partial charge in [0.05, 0.1) is 21.3 Å². The van der Waals surface area contributed by atoms with Crippen LogP contribution in [-0.2, 0) is 14.3 Å². The van der Waals surface area contributed by atoms with Gasteiger partial charge in [-0.15, -0.1) is 0 Å². The lowest BCUT2D eigenvalue weighted by atomic mass is 10.1. The summed E-state index contributed by atoms with van der Waals surface area (Å²) in [7, 11) is 4.32. The van der Waals surface area contributed by atoms with E-state index in [1.165, 1.54) is 40.4 Å². The predicted octanol–water partition coefficient (Wildman–Crippen LogP) is 2.63. The lowest BCUT2D eigenvalue weighted by molar-refractivity contribution is -0.152. The van der Waals surface area contributed by atoms with Crippen LogP contribution in [0.1, 0.15) is 28.4 Å². The van der Waals surface area contributed by atoms with Crippen LogP contribution in [0, 0.1) is 13.8 Å². The summed E-state index contributed by atoms with van der Waals surface area (Å²) >= 11 is 0. The minimum absolute atomic E-state index is 0.202. The Morgan fingerprint density at radius 2 is 1.56 bits per heavy atom. The molecule has 0 bridgehead atoms. The van der Waals surface area contributed by atoms with Gasteiger partial charge in [-0.3, -0.25) is 14.4 Å². The predicted molar refractivity (Wildman–Crippen MR) is 119 cm³/mol. The Morgan fingerprint density at radius 3 is 2.12 bits per heavy atom. The van der Waals surface area contributed by atoms with Crippen LogP contribution in [0.15, 0.2) is 30.3 Å². The largest absolute Gasteiger partial charge is 0.493 e. The zero-order chi connectivity index (χ0) is 23.8. The minimum atomic E-state index is -1.04. The van der Waals surface area contributed by atoms with Crippen LogP contribution in [0.25, 0.3) is 0 Å². The van der Waals surface area contributed by atoms with E-state index in [4.69, 9.17) is 18.9 Å². The monoisotopic (exact) mass is 444 g/mol. The first-order chi connectivity index (χ1) is 15.2. The molecule has 2 amide bonds. The number of nitrogens with one attached hydrogen (secondary N) is 2. The lowest BCUT2D eigenvalue weighted by Crippen LogP contribution is -2.36. The summed E-state index contributed by atoms with van der Waals surface area (Å²) in [6.45, 7) is 4.82. The van der Waals surface area contributed by atoms with Gasteiger partial charge < -0.3 is 29.6 Å². The average Bonchev–Trinajstić information content (AvgIpc) is 2.78. The Labute approximate surface area is 187 Å². The van der Waals surface area contributed by atoms with Crippen molar-refractivity contribution < 1.29 is 33.3 Å². The normalized spacial score (nSPS) is 11.2. The van der Waals surface area contributed by atoms with Gasteiger partial charge in [-0.1, -0.05) is 12.1 Å². The second kappa shape index (κ2) is 11.0. The molecule has 0 radical (unpaired) electrons. The van der Waals surface area contributed by atoms with Crippen LogP contribution in [0.5, 0.6) is 17.2 Å². The van der Waals surface area contributed by atoms with E-state index in [2.05, 4.69) is 10.6 Å². The van der Waals surface area contributed by atoms with E-state index < -0.39 is 30.4 Å². The van der Waals surface area contributed by atoms with Gasteiger partial charge in [0.15, 0.2) is 17.6 Å². The average molecular weight is 444 g/mol. The van der Waals surface area contributed by atoms with Crippen molar-refractivity contribution in [3.63, 3.8) is 0 Å². The standard InChI is InChI=1S/C23H28N2O7/c1-13-7-8-14(2)17(9-13)25-22(27)15(3)32-20(26)12-24-23(28)16-10-18(29-4)21(31-6)19(11-16)30-5/h7-11,15H,12H2,1-6H3,(H,24,28)(H,25,27). The number of carbonyl (C=O) groups excluding carboxylic acids is 3. The topological polar surface area (TPSA) is 112 Å². The number of carbonyl (C=O) groups is 3. The summed E-state index contributed by atoms with van der Waals surface area (Å²) in [5.41, 5.74) is 2.73. The molecule has 0 saturated carbocycles. The van der Waals surface area contributed by atoms with Gasteiger partial charge in [0.25, 0.3) is 11.8 Å². The van der Waals surface area contributed by atoms with Crippen molar-refractivity contribution in [1.82, 2.24) is 5.32 Å². The number of benzene rings is 2. The number of hydrogen-bond acceptors (Lipinski definition) is 7. The first-order valence-corrected chi connectivity index (χ1v) is 9.86. The minimum Gasteiger partial charge on any atom is -0.493 e. The molecule has 0 saturated heterocycles. The Balaban J connectivity index is 1.95. The smallest absolute Gasteiger partial charge is 0.326 e. The van der Waals surface area contributed by atoms with Gasteiger partial charge in [0, 0.05) is 11.3 Å². The molecule has 0 fully saturated rings. The number of methoxy groups -OCH3 is 3. The number of amides is 2. The highest BCUT2D eigenvalue weighted by atomic mass is 16.5. The Bertz CT molecular complexity index is 979. The van der Waals surface area contributed by atoms with E-state index in [1.54, 1.807) is 0 Å². The Hall–Kier alpha value is -3.75.